The molecule has 1 rings (SSSR count). The number of rotatable bonds is 6. The highest BCUT2D eigenvalue weighted by atomic mass is 32.2. The highest BCUT2D eigenvalue weighted by Gasteiger charge is 2.15. The van der Waals surface area contributed by atoms with Gasteiger partial charge >= 0.3 is 6.09 Å². The molecule has 0 fully saturated rings. The van der Waals surface area contributed by atoms with Crippen LogP contribution in [0.3, 0.4) is 0 Å². The number of amides is 1. The summed E-state index contributed by atoms with van der Waals surface area (Å²) in [5, 5.41) is 7.00. The second-order valence-corrected chi connectivity index (χ2v) is 6.39. The van der Waals surface area contributed by atoms with Crippen molar-refractivity contribution in [3.63, 3.8) is 0 Å². The molecule has 23 heavy (non-hydrogen) atoms. The van der Waals surface area contributed by atoms with Gasteiger partial charge in [-0.25, -0.2) is 9.52 Å². The summed E-state index contributed by atoms with van der Waals surface area (Å²) in [5.74, 6) is -0.0878. The van der Waals surface area contributed by atoms with Crippen molar-refractivity contribution < 1.29 is 19.4 Å². The van der Waals surface area contributed by atoms with E-state index < -0.39 is 11.7 Å². The summed E-state index contributed by atoms with van der Waals surface area (Å²) in [6, 6.07) is 7.77. The van der Waals surface area contributed by atoms with Gasteiger partial charge in [0.25, 0.3) is 0 Å². The zero-order chi connectivity index (χ0) is 17.9. The minimum absolute atomic E-state index is 0.0878. The van der Waals surface area contributed by atoms with Crippen molar-refractivity contribution in [3.8, 4) is 0 Å². The quantitative estimate of drug-likeness (QED) is 0.419. The predicted octanol–water partition coefficient (Wildman–Crippen LogP) is 2.78. The van der Waals surface area contributed by atoms with E-state index in [0.717, 1.165) is 36.7 Å². The van der Waals surface area contributed by atoms with E-state index in [-0.39, 0.29) is 5.92 Å². The van der Waals surface area contributed by atoms with E-state index in [1.54, 1.807) is 0 Å². The van der Waals surface area contributed by atoms with Gasteiger partial charge in [-0.15, -0.1) is 0 Å². The Morgan fingerprint density at radius 2 is 1.87 bits per heavy atom. The van der Waals surface area contributed by atoms with Gasteiger partial charge in [0.2, 0.25) is 0 Å². The zero-order valence-electron chi connectivity index (χ0n) is 14.3. The highest BCUT2D eigenvalue weighted by Crippen LogP contribution is 2.14. The molecule has 1 aromatic rings. The molecule has 0 spiro atoms. The van der Waals surface area contributed by atoms with Gasteiger partial charge in [0.05, 0.1) is 0 Å². The van der Waals surface area contributed by atoms with Crippen LogP contribution < -0.4 is 9.44 Å². The van der Waals surface area contributed by atoms with Crippen molar-refractivity contribution in [3.05, 3.63) is 35.4 Å². The molecule has 0 aliphatic heterocycles. The lowest BCUT2D eigenvalue weighted by atomic mass is 10.0. The summed E-state index contributed by atoms with van der Waals surface area (Å²) in [6.45, 7) is 7.89. The van der Waals surface area contributed by atoms with Crippen LogP contribution in [0.4, 0.5) is 4.79 Å². The predicted molar refractivity (Wildman–Crippen MR) is 92.9 cm³/mol. The summed E-state index contributed by atoms with van der Waals surface area (Å²) < 4.78 is 10.7. The Morgan fingerprint density at radius 1 is 1.30 bits per heavy atom. The van der Waals surface area contributed by atoms with Crippen molar-refractivity contribution in [2.45, 2.75) is 45.8 Å². The monoisotopic (exact) mass is 342 g/mol. The smallest absolute Gasteiger partial charge is 0.418 e. The number of hydrogen-bond acceptors (Lipinski definition) is 6. The van der Waals surface area contributed by atoms with Gasteiger partial charge in [0.15, 0.2) is 0 Å². The molecule has 0 heterocycles. The first-order valence-electron chi connectivity index (χ1n) is 7.18. The number of carbonyl (C=O) groups is 2. The lowest BCUT2D eigenvalue weighted by Crippen LogP contribution is -2.30. The molecule has 1 unspecified atom stereocenters. The van der Waals surface area contributed by atoms with Gasteiger partial charge in [-0.3, -0.25) is 4.72 Å². The Bertz CT molecular complexity index is 472. The van der Waals surface area contributed by atoms with E-state index in [0.29, 0.717) is 6.54 Å². The summed E-state index contributed by atoms with van der Waals surface area (Å²) >= 11 is 1.08. The Morgan fingerprint density at radius 3 is 2.35 bits per heavy atom. The number of aliphatic hydroxyl groups is 1. The number of carbonyl (C=O) groups excluding carboxylic acids is 2. The fourth-order valence-corrected chi connectivity index (χ4v) is 1.95. The van der Waals surface area contributed by atoms with E-state index in [4.69, 9.17) is 9.84 Å². The molecule has 1 amide bonds. The second-order valence-electron chi connectivity index (χ2n) is 5.69. The molecule has 0 saturated carbocycles. The molecular formula is C16H26N2O4S. The topological polar surface area (TPSA) is 87.7 Å². The van der Waals surface area contributed by atoms with Crippen LogP contribution in [-0.2, 0) is 16.1 Å². The Kier molecular flexibility index (Phi) is 10.3. The first-order chi connectivity index (χ1) is 10.8. The van der Waals surface area contributed by atoms with Gasteiger partial charge in [-0.2, -0.15) is 0 Å². The van der Waals surface area contributed by atoms with Gasteiger partial charge < -0.3 is 14.6 Å². The van der Waals surface area contributed by atoms with Crippen molar-refractivity contribution >= 4 is 24.5 Å². The Hall–Kier alpha value is -1.57. The van der Waals surface area contributed by atoms with Gasteiger partial charge in [-0.1, -0.05) is 31.2 Å². The molecule has 1 aromatic carbocycles. The highest BCUT2D eigenvalue weighted by molar-refractivity contribution is 7.95. The third-order valence-corrected chi connectivity index (χ3v) is 3.15. The van der Waals surface area contributed by atoms with E-state index >= 15 is 0 Å². The Labute approximate surface area is 142 Å². The van der Waals surface area contributed by atoms with Crippen molar-refractivity contribution in [1.29, 1.82) is 0 Å². The number of ether oxygens (including phenoxy) is 1. The molecule has 6 nitrogen and oxygen atoms in total. The van der Waals surface area contributed by atoms with Crippen LogP contribution in [0.25, 0.3) is 0 Å². The van der Waals surface area contributed by atoms with E-state index in [9.17, 15) is 9.59 Å². The number of aliphatic hydroxyl groups excluding tert-OH is 1. The van der Waals surface area contributed by atoms with Gasteiger partial charge in [0.1, 0.15) is 11.9 Å². The van der Waals surface area contributed by atoms with Crippen molar-refractivity contribution in [1.82, 2.24) is 9.44 Å². The number of hydrogen-bond donors (Lipinski definition) is 3. The van der Waals surface area contributed by atoms with E-state index in [1.807, 2.05) is 52.0 Å². The number of benzene rings is 1. The third-order valence-electron chi connectivity index (χ3n) is 2.59. The third kappa shape index (κ3) is 9.93. The molecule has 3 N–H and O–H groups in total. The molecular weight excluding hydrogens is 316 g/mol. The first-order valence-corrected chi connectivity index (χ1v) is 8.00. The van der Waals surface area contributed by atoms with Crippen LogP contribution in [0.15, 0.2) is 24.3 Å². The van der Waals surface area contributed by atoms with E-state index in [1.165, 1.54) is 0 Å². The van der Waals surface area contributed by atoms with Crippen LogP contribution in [0.2, 0.25) is 0 Å². The van der Waals surface area contributed by atoms with E-state index in [2.05, 4.69) is 9.44 Å². The minimum atomic E-state index is -0.504. The summed E-state index contributed by atoms with van der Waals surface area (Å²) in [7, 11) is 1.00. The molecule has 130 valence electrons. The van der Waals surface area contributed by atoms with Crippen LogP contribution in [0, 0.1) is 0 Å². The van der Waals surface area contributed by atoms with Gasteiger partial charge in [-0.05, 0) is 31.9 Å². The maximum atomic E-state index is 11.4. The van der Waals surface area contributed by atoms with Crippen LogP contribution >= 0.6 is 12.1 Å². The van der Waals surface area contributed by atoms with Gasteiger partial charge in [0, 0.05) is 31.7 Å². The molecule has 7 heteroatoms. The fraction of sp³-hybridized carbons (Fsp3) is 0.500. The number of nitrogens with one attached hydrogen (secondary N) is 2. The average molecular weight is 342 g/mol. The summed E-state index contributed by atoms with van der Waals surface area (Å²) in [6.07, 6.45) is 0.448. The largest absolute Gasteiger partial charge is 0.443 e. The van der Waals surface area contributed by atoms with Crippen LogP contribution in [0.5, 0.6) is 0 Å². The minimum Gasteiger partial charge on any atom is -0.443 e. The lowest BCUT2D eigenvalue weighted by molar-refractivity contribution is -0.108. The first kappa shape index (κ1) is 21.4. The summed E-state index contributed by atoms with van der Waals surface area (Å²) in [4.78, 5) is 22.1. The second kappa shape index (κ2) is 11.0. The average Bonchev–Trinajstić information content (AvgIpc) is 2.51. The number of aldehydes is 1. The van der Waals surface area contributed by atoms with Crippen molar-refractivity contribution in [2.75, 3.05) is 7.11 Å². The summed E-state index contributed by atoms with van der Waals surface area (Å²) in [5.41, 5.74) is 1.55. The molecule has 1 atom stereocenters. The zero-order valence-corrected chi connectivity index (χ0v) is 15.1. The van der Waals surface area contributed by atoms with Crippen LogP contribution in [-0.4, -0.2) is 30.2 Å². The fourth-order valence-electron chi connectivity index (χ4n) is 1.51. The molecule has 0 radical (unpaired) electrons. The maximum Gasteiger partial charge on any atom is 0.418 e. The van der Waals surface area contributed by atoms with Crippen LogP contribution in [0.1, 0.15) is 44.7 Å². The molecule has 0 saturated heterocycles. The SMILES string of the molecule is CC(C=O)c1ccc(CNSNC(=O)OC(C)(C)C)cc1.CO. The maximum absolute atomic E-state index is 11.4. The molecule has 0 bridgehead atoms. The lowest BCUT2D eigenvalue weighted by Gasteiger charge is -2.19. The molecule has 0 aliphatic carbocycles. The molecule has 0 aromatic heterocycles. The normalized spacial score (nSPS) is 11.7. The Balaban J connectivity index is 0.00000232. The molecule has 0 aliphatic rings. The van der Waals surface area contributed by atoms with Crippen molar-refractivity contribution in [2.24, 2.45) is 0 Å². The standard InChI is InChI=1S/C15H22N2O3S.CH4O/c1-11(10-18)13-7-5-12(6-8-13)9-16-21-17-14(19)20-15(2,3)4;1-2/h5-8,10-11,16H,9H2,1-4H3,(H,17,19);2H,1H3.